The molecule has 3 aromatic carbocycles. The molecule has 0 aliphatic carbocycles. The van der Waals surface area contributed by atoms with E-state index in [1.807, 2.05) is 4.90 Å². The predicted molar refractivity (Wildman–Crippen MR) is 142 cm³/mol. The third-order valence-corrected chi connectivity index (χ3v) is 6.63. The molecular formula is C29H26ClF4NO5. The summed E-state index contributed by atoms with van der Waals surface area (Å²) >= 11 is 0. The second-order valence-electron chi connectivity index (χ2n) is 9.49. The first-order chi connectivity index (χ1) is 18.7. The van der Waals surface area contributed by atoms with E-state index in [1.165, 1.54) is 18.2 Å². The van der Waals surface area contributed by atoms with Crippen LogP contribution in [0.3, 0.4) is 0 Å². The Balaban J connectivity index is 0.00000370. The van der Waals surface area contributed by atoms with Gasteiger partial charge in [0.2, 0.25) is 0 Å². The van der Waals surface area contributed by atoms with Crippen molar-refractivity contribution in [1.29, 1.82) is 0 Å². The zero-order valence-electron chi connectivity index (χ0n) is 21.1. The molecule has 212 valence electrons. The smallest absolute Gasteiger partial charge is 0.416 e. The molecule has 2 aliphatic rings. The number of carboxylic acid groups (broad SMARTS) is 1. The molecular weight excluding hydrogens is 554 g/mol. The number of ether oxygens (including phenoxy) is 3. The lowest BCUT2D eigenvalue weighted by atomic mass is 10.1. The second kappa shape index (κ2) is 12.2. The Labute approximate surface area is 234 Å². The maximum Gasteiger partial charge on any atom is 0.416 e. The van der Waals surface area contributed by atoms with Crippen LogP contribution in [0.2, 0.25) is 0 Å². The fraction of sp³-hybridized carbons (Fsp3) is 0.276. The lowest BCUT2D eigenvalue weighted by molar-refractivity contribution is -0.141. The van der Waals surface area contributed by atoms with Gasteiger partial charge >= 0.3 is 12.1 Å². The van der Waals surface area contributed by atoms with Gasteiger partial charge in [0.15, 0.2) is 0 Å². The standard InChI is InChI=1S/C29H25F4NO5.ClH/c30-26-12-23(13-27-24(26)10-18(16-38-27)14-34-9-8-19(15-34)28(35)36)37-17-20-6-7-22(11-25(20)29(31,32)33)39-21-4-2-1-3-5-21;/h1-7,10-13,19H,8-9,14-17H2,(H,35,36);1H. The summed E-state index contributed by atoms with van der Waals surface area (Å²) in [7, 11) is 0. The molecule has 6 nitrogen and oxygen atoms in total. The summed E-state index contributed by atoms with van der Waals surface area (Å²) in [4.78, 5) is 13.2. The first-order valence-electron chi connectivity index (χ1n) is 12.3. The summed E-state index contributed by atoms with van der Waals surface area (Å²) in [6.45, 7) is 1.26. The van der Waals surface area contributed by atoms with Gasteiger partial charge in [-0.2, -0.15) is 13.2 Å². The van der Waals surface area contributed by atoms with Crippen LogP contribution in [-0.4, -0.2) is 42.2 Å². The second-order valence-corrected chi connectivity index (χ2v) is 9.49. The van der Waals surface area contributed by atoms with Crippen LogP contribution in [0.15, 0.2) is 66.2 Å². The van der Waals surface area contributed by atoms with Crippen LogP contribution in [0.5, 0.6) is 23.0 Å². The van der Waals surface area contributed by atoms with Crippen molar-refractivity contribution in [2.45, 2.75) is 19.2 Å². The van der Waals surface area contributed by atoms with E-state index in [1.54, 1.807) is 36.4 Å². The lowest BCUT2D eigenvalue weighted by Crippen LogP contribution is -2.27. The number of aliphatic carboxylic acids is 1. The summed E-state index contributed by atoms with van der Waals surface area (Å²) in [5.41, 5.74) is -0.0237. The van der Waals surface area contributed by atoms with Crippen molar-refractivity contribution in [3.63, 3.8) is 0 Å². The third-order valence-electron chi connectivity index (χ3n) is 6.63. The minimum Gasteiger partial charge on any atom is -0.489 e. The summed E-state index contributed by atoms with van der Waals surface area (Å²) < 4.78 is 73.1. The SMILES string of the molecule is Cl.O=C(O)C1CCN(CC2=Cc3c(F)cc(OCc4ccc(Oc5ccccc5)cc4C(F)(F)F)cc3OC2)C1. The Morgan fingerprint density at radius 3 is 2.52 bits per heavy atom. The summed E-state index contributed by atoms with van der Waals surface area (Å²) in [6.07, 6.45) is -2.42. The molecule has 0 radical (unpaired) electrons. The van der Waals surface area contributed by atoms with Crippen molar-refractivity contribution >= 4 is 24.5 Å². The molecule has 1 atom stereocenters. The molecule has 1 N–H and O–H groups in total. The number of fused-ring (bicyclic) bond motifs is 1. The van der Waals surface area contributed by atoms with Crippen LogP contribution in [0.1, 0.15) is 23.1 Å². The quantitative estimate of drug-likeness (QED) is 0.295. The number of benzene rings is 3. The van der Waals surface area contributed by atoms with E-state index < -0.39 is 36.1 Å². The van der Waals surface area contributed by atoms with E-state index in [2.05, 4.69) is 0 Å². The topological polar surface area (TPSA) is 68.2 Å². The maximum atomic E-state index is 14.9. The van der Waals surface area contributed by atoms with Crippen molar-refractivity contribution in [3.05, 3.63) is 88.7 Å². The highest BCUT2D eigenvalue weighted by Crippen LogP contribution is 2.37. The van der Waals surface area contributed by atoms with Gasteiger partial charge in [-0.05, 0) is 48.9 Å². The van der Waals surface area contributed by atoms with E-state index in [0.717, 1.165) is 17.7 Å². The minimum absolute atomic E-state index is 0. The molecule has 3 aromatic rings. The fourth-order valence-electron chi connectivity index (χ4n) is 4.68. The molecule has 0 saturated carbocycles. The highest BCUT2D eigenvalue weighted by atomic mass is 35.5. The summed E-state index contributed by atoms with van der Waals surface area (Å²) in [6, 6.07) is 14.6. The molecule has 0 amide bonds. The number of carboxylic acids is 1. The first kappa shape index (κ1) is 29.2. The van der Waals surface area contributed by atoms with Gasteiger partial charge in [0.25, 0.3) is 0 Å². The summed E-state index contributed by atoms with van der Waals surface area (Å²) in [5.74, 6) is -1.18. The van der Waals surface area contributed by atoms with Crippen molar-refractivity contribution in [1.82, 2.24) is 4.90 Å². The maximum absolute atomic E-state index is 14.9. The van der Waals surface area contributed by atoms with Crippen LogP contribution < -0.4 is 14.2 Å². The molecule has 2 heterocycles. The Kier molecular flexibility index (Phi) is 8.90. The van der Waals surface area contributed by atoms with E-state index in [-0.39, 0.29) is 47.4 Å². The molecule has 0 spiro atoms. The molecule has 5 rings (SSSR count). The van der Waals surface area contributed by atoms with Crippen LogP contribution in [-0.2, 0) is 17.6 Å². The van der Waals surface area contributed by atoms with Crippen molar-refractivity contribution in [2.75, 3.05) is 26.2 Å². The van der Waals surface area contributed by atoms with Crippen molar-refractivity contribution in [2.24, 2.45) is 5.92 Å². The van der Waals surface area contributed by atoms with Gasteiger partial charge in [-0.25, -0.2) is 4.39 Å². The summed E-state index contributed by atoms with van der Waals surface area (Å²) in [5, 5.41) is 9.18. The number of carbonyl (C=O) groups is 1. The highest BCUT2D eigenvalue weighted by molar-refractivity contribution is 5.85. The van der Waals surface area contributed by atoms with E-state index >= 15 is 0 Å². The average molecular weight is 580 g/mol. The molecule has 0 aromatic heterocycles. The van der Waals surface area contributed by atoms with Gasteiger partial charge < -0.3 is 19.3 Å². The van der Waals surface area contributed by atoms with Gasteiger partial charge in [-0.1, -0.05) is 24.3 Å². The molecule has 2 aliphatic heterocycles. The van der Waals surface area contributed by atoms with Crippen LogP contribution >= 0.6 is 12.4 Å². The Morgan fingerprint density at radius 1 is 1.05 bits per heavy atom. The van der Waals surface area contributed by atoms with E-state index in [9.17, 15) is 27.5 Å². The first-order valence-corrected chi connectivity index (χ1v) is 12.3. The number of nitrogens with zero attached hydrogens (tertiary/aromatic N) is 1. The van der Waals surface area contributed by atoms with Gasteiger partial charge in [0.05, 0.1) is 17.0 Å². The molecule has 11 heteroatoms. The molecule has 1 fully saturated rings. The molecule has 40 heavy (non-hydrogen) atoms. The monoisotopic (exact) mass is 579 g/mol. The minimum atomic E-state index is -4.65. The number of halogens is 5. The number of alkyl halides is 3. The zero-order valence-corrected chi connectivity index (χ0v) is 21.9. The number of hydrogen-bond acceptors (Lipinski definition) is 5. The average Bonchev–Trinajstić information content (AvgIpc) is 3.37. The lowest BCUT2D eigenvalue weighted by Gasteiger charge is -2.23. The van der Waals surface area contributed by atoms with Crippen LogP contribution in [0, 0.1) is 11.7 Å². The highest BCUT2D eigenvalue weighted by Gasteiger charge is 2.34. The van der Waals surface area contributed by atoms with Gasteiger partial charge in [0, 0.05) is 30.8 Å². The van der Waals surface area contributed by atoms with Crippen molar-refractivity contribution < 1.29 is 41.7 Å². The number of para-hydroxylation sites is 1. The Hall–Kier alpha value is -3.76. The van der Waals surface area contributed by atoms with Gasteiger partial charge in [-0.15, -0.1) is 12.4 Å². The molecule has 0 bridgehead atoms. The van der Waals surface area contributed by atoms with Crippen LogP contribution in [0.4, 0.5) is 17.6 Å². The zero-order chi connectivity index (χ0) is 27.6. The van der Waals surface area contributed by atoms with Crippen molar-refractivity contribution in [3.8, 4) is 23.0 Å². The van der Waals surface area contributed by atoms with Gasteiger partial charge in [-0.3, -0.25) is 9.69 Å². The number of rotatable bonds is 8. The van der Waals surface area contributed by atoms with E-state index in [0.29, 0.717) is 31.8 Å². The Morgan fingerprint density at radius 2 is 1.82 bits per heavy atom. The van der Waals surface area contributed by atoms with E-state index in [4.69, 9.17) is 14.2 Å². The third kappa shape index (κ3) is 6.86. The Bertz CT molecular complexity index is 1400. The fourth-order valence-corrected chi connectivity index (χ4v) is 4.68. The van der Waals surface area contributed by atoms with Crippen LogP contribution in [0.25, 0.3) is 6.08 Å². The molecule has 1 unspecified atom stereocenters. The number of hydrogen-bond donors (Lipinski definition) is 1. The predicted octanol–water partition coefficient (Wildman–Crippen LogP) is 6.82. The largest absolute Gasteiger partial charge is 0.489 e. The van der Waals surface area contributed by atoms with Gasteiger partial charge in [0.1, 0.15) is 42.0 Å². The number of likely N-dealkylation sites (tertiary alicyclic amines) is 1. The molecule has 1 saturated heterocycles. The normalized spacial score (nSPS) is 16.8.